The molecule has 1 aromatic carbocycles. The van der Waals surface area contributed by atoms with Gasteiger partial charge in [-0.2, -0.15) is 5.10 Å². The summed E-state index contributed by atoms with van der Waals surface area (Å²) in [5.74, 6) is 0. The van der Waals surface area contributed by atoms with Gasteiger partial charge >= 0.3 is 0 Å². The van der Waals surface area contributed by atoms with E-state index in [9.17, 15) is 0 Å². The molecule has 4 heteroatoms. The van der Waals surface area contributed by atoms with Crippen LogP contribution in [0.2, 0.25) is 0 Å². The van der Waals surface area contributed by atoms with Gasteiger partial charge in [0.1, 0.15) is 0 Å². The predicted octanol–water partition coefficient (Wildman–Crippen LogP) is 3.78. The first-order valence-electron chi connectivity index (χ1n) is 7.96. The lowest BCUT2D eigenvalue weighted by molar-refractivity contribution is 0.263. The number of fused-ring (bicyclic) bond motifs is 1. The fraction of sp³-hybridized carbons (Fsp3) is 0.333. The summed E-state index contributed by atoms with van der Waals surface area (Å²) in [4.78, 5) is 6.86. The molecule has 0 aliphatic carbocycles. The molecule has 0 amide bonds. The molecule has 0 spiro atoms. The first kappa shape index (κ1) is 13.5. The third-order valence-electron chi connectivity index (χ3n) is 4.68. The number of benzene rings is 1. The van der Waals surface area contributed by atoms with Gasteiger partial charge in [-0.1, -0.05) is 18.2 Å². The zero-order valence-corrected chi connectivity index (χ0v) is 12.8. The van der Waals surface area contributed by atoms with Gasteiger partial charge in [0, 0.05) is 23.2 Å². The van der Waals surface area contributed by atoms with Crippen molar-refractivity contribution in [2.24, 2.45) is 0 Å². The molecule has 0 unspecified atom stereocenters. The molecule has 1 saturated heterocycles. The number of rotatable bonds is 3. The normalized spacial score (nSPS) is 17.1. The Morgan fingerprint density at radius 3 is 2.86 bits per heavy atom. The van der Waals surface area contributed by atoms with Crippen LogP contribution in [0.3, 0.4) is 0 Å². The average molecular weight is 292 g/mol. The van der Waals surface area contributed by atoms with E-state index in [0.29, 0.717) is 6.04 Å². The SMILES string of the molecule is C[C@H](c1cccc(-c2[nH]nc3ncccc23)c1)N1CCCC1. The van der Waals surface area contributed by atoms with E-state index in [1.54, 1.807) is 6.20 Å². The van der Waals surface area contributed by atoms with E-state index in [1.807, 2.05) is 6.07 Å². The van der Waals surface area contributed by atoms with Gasteiger partial charge in [-0.3, -0.25) is 10.00 Å². The fourth-order valence-corrected chi connectivity index (χ4v) is 3.36. The van der Waals surface area contributed by atoms with Crippen molar-refractivity contribution in [3.05, 3.63) is 48.2 Å². The zero-order chi connectivity index (χ0) is 14.9. The zero-order valence-electron chi connectivity index (χ0n) is 12.8. The highest BCUT2D eigenvalue weighted by atomic mass is 15.2. The summed E-state index contributed by atoms with van der Waals surface area (Å²) < 4.78 is 0. The lowest BCUT2D eigenvalue weighted by Gasteiger charge is -2.24. The maximum absolute atomic E-state index is 4.30. The average Bonchev–Trinajstić information content (AvgIpc) is 3.24. The Kier molecular flexibility index (Phi) is 3.39. The van der Waals surface area contributed by atoms with Gasteiger partial charge in [-0.15, -0.1) is 0 Å². The van der Waals surface area contributed by atoms with Crippen molar-refractivity contribution in [3.8, 4) is 11.3 Å². The number of nitrogens with zero attached hydrogens (tertiary/aromatic N) is 3. The van der Waals surface area contributed by atoms with Crippen LogP contribution in [0.4, 0.5) is 0 Å². The van der Waals surface area contributed by atoms with E-state index in [-0.39, 0.29) is 0 Å². The van der Waals surface area contributed by atoms with E-state index >= 15 is 0 Å². The van der Waals surface area contributed by atoms with Gasteiger partial charge < -0.3 is 0 Å². The van der Waals surface area contributed by atoms with E-state index in [0.717, 1.165) is 16.7 Å². The van der Waals surface area contributed by atoms with Gasteiger partial charge in [0.2, 0.25) is 0 Å². The van der Waals surface area contributed by atoms with Crippen LogP contribution in [-0.4, -0.2) is 33.2 Å². The van der Waals surface area contributed by atoms with Crippen LogP contribution < -0.4 is 0 Å². The van der Waals surface area contributed by atoms with Crippen LogP contribution in [0.15, 0.2) is 42.6 Å². The van der Waals surface area contributed by atoms with Crippen molar-refractivity contribution in [2.75, 3.05) is 13.1 Å². The van der Waals surface area contributed by atoms with Gasteiger partial charge in [-0.25, -0.2) is 4.98 Å². The summed E-state index contributed by atoms with van der Waals surface area (Å²) in [7, 11) is 0. The van der Waals surface area contributed by atoms with Crippen molar-refractivity contribution in [2.45, 2.75) is 25.8 Å². The molecule has 0 radical (unpaired) electrons. The van der Waals surface area contributed by atoms with Gasteiger partial charge in [0.15, 0.2) is 5.65 Å². The molecule has 3 aromatic rings. The first-order valence-corrected chi connectivity index (χ1v) is 7.96. The van der Waals surface area contributed by atoms with Crippen LogP contribution in [0.5, 0.6) is 0 Å². The van der Waals surface area contributed by atoms with Crippen molar-refractivity contribution in [3.63, 3.8) is 0 Å². The Balaban J connectivity index is 1.72. The third kappa shape index (κ3) is 2.29. The van der Waals surface area contributed by atoms with Crippen molar-refractivity contribution < 1.29 is 0 Å². The molecule has 1 N–H and O–H groups in total. The molecule has 0 saturated carbocycles. The Morgan fingerprint density at radius 2 is 2.00 bits per heavy atom. The number of hydrogen-bond acceptors (Lipinski definition) is 3. The maximum atomic E-state index is 4.30. The van der Waals surface area contributed by atoms with E-state index < -0.39 is 0 Å². The minimum absolute atomic E-state index is 0.467. The molecular weight excluding hydrogens is 272 g/mol. The Labute approximate surface area is 130 Å². The molecule has 112 valence electrons. The molecule has 1 fully saturated rings. The smallest absolute Gasteiger partial charge is 0.181 e. The number of aromatic nitrogens is 3. The molecular formula is C18H20N4. The molecule has 4 rings (SSSR count). The van der Waals surface area contributed by atoms with E-state index in [2.05, 4.69) is 57.3 Å². The van der Waals surface area contributed by atoms with Crippen LogP contribution in [0.25, 0.3) is 22.3 Å². The summed E-state index contributed by atoms with van der Waals surface area (Å²) in [5, 5.41) is 8.52. The summed E-state index contributed by atoms with van der Waals surface area (Å²) in [6.07, 6.45) is 4.42. The third-order valence-corrected chi connectivity index (χ3v) is 4.68. The number of likely N-dealkylation sites (tertiary alicyclic amines) is 1. The molecule has 2 aromatic heterocycles. The summed E-state index contributed by atoms with van der Waals surface area (Å²) in [5.41, 5.74) is 4.37. The summed E-state index contributed by atoms with van der Waals surface area (Å²) >= 11 is 0. The van der Waals surface area contributed by atoms with Gasteiger partial charge in [0.05, 0.1) is 5.69 Å². The molecule has 4 nitrogen and oxygen atoms in total. The second-order valence-electron chi connectivity index (χ2n) is 6.02. The van der Waals surface area contributed by atoms with Crippen LogP contribution in [0.1, 0.15) is 31.4 Å². The fourth-order valence-electron chi connectivity index (χ4n) is 3.36. The number of pyridine rings is 1. The highest BCUT2D eigenvalue weighted by Gasteiger charge is 2.20. The highest BCUT2D eigenvalue weighted by molar-refractivity contribution is 5.90. The van der Waals surface area contributed by atoms with Crippen LogP contribution in [-0.2, 0) is 0 Å². The predicted molar refractivity (Wildman–Crippen MR) is 88.5 cm³/mol. The van der Waals surface area contributed by atoms with E-state index in [1.165, 1.54) is 37.1 Å². The topological polar surface area (TPSA) is 44.8 Å². The van der Waals surface area contributed by atoms with Gasteiger partial charge in [-0.05, 0) is 56.6 Å². The molecule has 0 bridgehead atoms. The quantitative estimate of drug-likeness (QED) is 0.799. The molecule has 3 heterocycles. The summed E-state index contributed by atoms with van der Waals surface area (Å²) in [6, 6.07) is 13.3. The van der Waals surface area contributed by atoms with Crippen LogP contribution in [0, 0.1) is 0 Å². The second-order valence-corrected chi connectivity index (χ2v) is 6.02. The van der Waals surface area contributed by atoms with Crippen molar-refractivity contribution >= 4 is 11.0 Å². The molecule has 1 aliphatic heterocycles. The number of hydrogen-bond donors (Lipinski definition) is 1. The minimum Gasteiger partial charge on any atom is -0.297 e. The lowest BCUT2D eigenvalue weighted by atomic mass is 10.0. The Morgan fingerprint density at radius 1 is 1.14 bits per heavy atom. The minimum atomic E-state index is 0.467. The maximum Gasteiger partial charge on any atom is 0.181 e. The van der Waals surface area contributed by atoms with Gasteiger partial charge in [0.25, 0.3) is 0 Å². The van der Waals surface area contributed by atoms with E-state index in [4.69, 9.17) is 0 Å². The highest BCUT2D eigenvalue weighted by Crippen LogP contribution is 2.30. The number of aromatic amines is 1. The number of nitrogens with one attached hydrogen (secondary N) is 1. The molecule has 1 atom stereocenters. The number of H-pyrrole nitrogens is 1. The summed E-state index contributed by atoms with van der Waals surface area (Å²) in [6.45, 7) is 4.72. The standard InChI is InChI=1S/C18H20N4/c1-13(22-10-2-3-11-22)14-6-4-7-15(12-14)17-16-8-5-9-19-18(16)21-20-17/h4-9,12-13H,2-3,10-11H2,1H3,(H,19,20,21)/t13-/m1/s1. The molecule has 1 aliphatic rings. The second kappa shape index (κ2) is 5.54. The van der Waals surface area contributed by atoms with Crippen molar-refractivity contribution in [1.82, 2.24) is 20.1 Å². The van der Waals surface area contributed by atoms with Crippen molar-refractivity contribution in [1.29, 1.82) is 0 Å². The molecule has 22 heavy (non-hydrogen) atoms. The largest absolute Gasteiger partial charge is 0.297 e. The Bertz CT molecular complexity index is 786. The first-order chi connectivity index (χ1) is 10.8. The lowest BCUT2D eigenvalue weighted by Crippen LogP contribution is -2.23. The Hall–Kier alpha value is -2.20. The van der Waals surface area contributed by atoms with Crippen LogP contribution >= 0.6 is 0 Å². The monoisotopic (exact) mass is 292 g/mol.